The van der Waals surface area contributed by atoms with Gasteiger partial charge in [0.2, 0.25) is 0 Å². The molecule has 0 amide bonds. The van der Waals surface area contributed by atoms with Crippen molar-refractivity contribution in [1.82, 2.24) is 14.7 Å². The van der Waals surface area contributed by atoms with E-state index in [1.807, 2.05) is 10.9 Å². The standard InChI is InChI=1S/C20H26FN3O/c1-3-24-14(2)15(12-22-24)13-23-18-8-9-19(23)11-20(25,10-18)16-4-6-17(21)7-5-16/h4-7,12,18-19,25H,3,8-11,13H2,1-2H3. The molecule has 4 rings (SSSR count). The van der Waals surface area contributed by atoms with Crippen molar-refractivity contribution in [2.45, 2.75) is 70.3 Å². The average molecular weight is 343 g/mol. The van der Waals surface area contributed by atoms with Gasteiger partial charge in [0, 0.05) is 36.4 Å². The summed E-state index contributed by atoms with van der Waals surface area (Å²) in [5.41, 5.74) is 2.53. The third-order valence-electron chi connectivity index (χ3n) is 6.16. The summed E-state index contributed by atoms with van der Waals surface area (Å²) in [6.07, 6.45) is 5.66. The molecule has 2 bridgehead atoms. The van der Waals surface area contributed by atoms with Gasteiger partial charge in [0.25, 0.3) is 0 Å². The molecule has 2 aliphatic heterocycles. The lowest BCUT2D eigenvalue weighted by molar-refractivity contribution is -0.0595. The number of rotatable bonds is 4. The fourth-order valence-corrected chi connectivity index (χ4v) is 4.73. The number of hydrogen-bond acceptors (Lipinski definition) is 3. The van der Waals surface area contributed by atoms with E-state index in [2.05, 4.69) is 23.8 Å². The number of nitrogens with zero attached hydrogens (tertiary/aromatic N) is 3. The van der Waals surface area contributed by atoms with Crippen LogP contribution in [0.2, 0.25) is 0 Å². The van der Waals surface area contributed by atoms with E-state index in [1.54, 1.807) is 12.1 Å². The third kappa shape index (κ3) is 2.89. The van der Waals surface area contributed by atoms with Gasteiger partial charge in [-0.2, -0.15) is 5.10 Å². The molecule has 0 spiro atoms. The largest absolute Gasteiger partial charge is 0.385 e. The monoisotopic (exact) mass is 343 g/mol. The fourth-order valence-electron chi connectivity index (χ4n) is 4.73. The maximum Gasteiger partial charge on any atom is 0.123 e. The first-order valence-electron chi connectivity index (χ1n) is 9.25. The molecule has 134 valence electrons. The molecular formula is C20H26FN3O. The van der Waals surface area contributed by atoms with Crippen LogP contribution in [0.25, 0.3) is 0 Å². The highest BCUT2D eigenvalue weighted by Crippen LogP contribution is 2.46. The second kappa shape index (κ2) is 6.22. The van der Waals surface area contributed by atoms with Crippen LogP contribution < -0.4 is 0 Å². The number of fused-ring (bicyclic) bond motifs is 2. The molecule has 0 radical (unpaired) electrons. The molecule has 2 aromatic rings. The van der Waals surface area contributed by atoms with Gasteiger partial charge in [-0.1, -0.05) is 12.1 Å². The lowest BCUT2D eigenvalue weighted by Crippen LogP contribution is -2.49. The molecule has 2 aliphatic rings. The molecule has 0 saturated carbocycles. The van der Waals surface area contributed by atoms with E-state index in [-0.39, 0.29) is 5.82 Å². The summed E-state index contributed by atoms with van der Waals surface area (Å²) in [7, 11) is 0. The minimum atomic E-state index is -0.835. The third-order valence-corrected chi connectivity index (χ3v) is 6.16. The van der Waals surface area contributed by atoms with E-state index >= 15 is 0 Å². The van der Waals surface area contributed by atoms with Crippen LogP contribution in [0.4, 0.5) is 4.39 Å². The van der Waals surface area contributed by atoms with Crippen molar-refractivity contribution in [1.29, 1.82) is 0 Å². The summed E-state index contributed by atoms with van der Waals surface area (Å²) in [6, 6.07) is 7.12. The molecule has 25 heavy (non-hydrogen) atoms. The highest BCUT2D eigenvalue weighted by Gasteiger charge is 2.48. The summed E-state index contributed by atoms with van der Waals surface area (Å²) >= 11 is 0. The number of aryl methyl sites for hydroxylation is 1. The van der Waals surface area contributed by atoms with Crippen LogP contribution in [0.15, 0.2) is 30.5 Å². The topological polar surface area (TPSA) is 41.3 Å². The van der Waals surface area contributed by atoms with Gasteiger partial charge in [0.1, 0.15) is 5.82 Å². The van der Waals surface area contributed by atoms with Crippen molar-refractivity contribution < 1.29 is 9.50 Å². The maximum atomic E-state index is 13.2. The quantitative estimate of drug-likeness (QED) is 0.925. The normalized spacial score (nSPS) is 29.3. The summed E-state index contributed by atoms with van der Waals surface area (Å²) in [5, 5.41) is 15.7. The first-order chi connectivity index (χ1) is 12.0. The predicted octanol–water partition coefficient (Wildman–Crippen LogP) is 3.37. The molecule has 5 heteroatoms. The van der Waals surface area contributed by atoms with Crippen LogP contribution >= 0.6 is 0 Å². The molecule has 3 heterocycles. The number of aliphatic hydroxyl groups is 1. The zero-order valence-corrected chi connectivity index (χ0v) is 15.0. The zero-order valence-electron chi connectivity index (χ0n) is 15.0. The van der Waals surface area contributed by atoms with Crippen molar-refractivity contribution >= 4 is 0 Å². The van der Waals surface area contributed by atoms with Crippen LogP contribution in [-0.4, -0.2) is 31.9 Å². The Morgan fingerprint density at radius 1 is 1.20 bits per heavy atom. The highest BCUT2D eigenvalue weighted by atomic mass is 19.1. The van der Waals surface area contributed by atoms with Crippen molar-refractivity contribution in [2.24, 2.45) is 0 Å². The van der Waals surface area contributed by atoms with Gasteiger partial charge >= 0.3 is 0 Å². The molecule has 2 unspecified atom stereocenters. The Morgan fingerprint density at radius 3 is 2.40 bits per heavy atom. The van der Waals surface area contributed by atoms with E-state index in [9.17, 15) is 9.50 Å². The Bertz CT molecular complexity index is 741. The van der Waals surface area contributed by atoms with Crippen LogP contribution in [0.3, 0.4) is 0 Å². The summed E-state index contributed by atoms with van der Waals surface area (Å²) in [5.74, 6) is -0.254. The Kier molecular flexibility index (Phi) is 4.16. The average Bonchev–Trinajstić information content (AvgIpc) is 3.06. The maximum absolute atomic E-state index is 13.2. The van der Waals surface area contributed by atoms with E-state index in [0.717, 1.165) is 44.3 Å². The van der Waals surface area contributed by atoms with Gasteiger partial charge in [0.05, 0.1) is 11.8 Å². The lowest BCUT2D eigenvalue weighted by atomic mass is 9.80. The van der Waals surface area contributed by atoms with Gasteiger partial charge in [-0.25, -0.2) is 4.39 Å². The fraction of sp³-hybridized carbons (Fsp3) is 0.550. The van der Waals surface area contributed by atoms with Crippen molar-refractivity contribution in [3.63, 3.8) is 0 Å². The van der Waals surface area contributed by atoms with Crippen molar-refractivity contribution in [3.8, 4) is 0 Å². The van der Waals surface area contributed by atoms with E-state index in [0.29, 0.717) is 12.1 Å². The van der Waals surface area contributed by atoms with Gasteiger partial charge in [-0.3, -0.25) is 9.58 Å². The first kappa shape index (κ1) is 16.7. The lowest BCUT2D eigenvalue weighted by Gasteiger charge is -2.44. The molecule has 2 fully saturated rings. The number of aromatic nitrogens is 2. The Labute approximate surface area is 148 Å². The van der Waals surface area contributed by atoms with Crippen LogP contribution in [0.1, 0.15) is 49.4 Å². The molecule has 4 nitrogen and oxygen atoms in total. The van der Waals surface area contributed by atoms with E-state index in [4.69, 9.17) is 0 Å². The highest BCUT2D eigenvalue weighted by molar-refractivity contribution is 5.26. The minimum Gasteiger partial charge on any atom is -0.385 e. The van der Waals surface area contributed by atoms with Crippen LogP contribution in [0.5, 0.6) is 0 Å². The van der Waals surface area contributed by atoms with Crippen LogP contribution in [-0.2, 0) is 18.7 Å². The predicted molar refractivity (Wildman–Crippen MR) is 94.5 cm³/mol. The number of halogens is 1. The van der Waals surface area contributed by atoms with E-state index in [1.165, 1.54) is 23.4 Å². The molecule has 1 aromatic heterocycles. The summed E-state index contributed by atoms with van der Waals surface area (Å²) < 4.78 is 15.3. The summed E-state index contributed by atoms with van der Waals surface area (Å²) in [4.78, 5) is 2.54. The molecule has 2 saturated heterocycles. The second-order valence-corrected chi connectivity index (χ2v) is 7.58. The van der Waals surface area contributed by atoms with Gasteiger partial charge in [0.15, 0.2) is 0 Å². The van der Waals surface area contributed by atoms with Crippen molar-refractivity contribution in [3.05, 3.63) is 53.1 Å². The molecule has 2 atom stereocenters. The Balaban J connectivity index is 1.53. The molecular weight excluding hydrogens is 317 g/mol. The smallest absolute Gasteiger partial charge is 0.123 e. The van der Waals surface area contributed by atoms with Gasteiger partial charge in [-0.05, 0) is 57.2 Å². The number of hydrogen-bond donors (Lipinski definition) is 1. The second-order valence-electron chi connectivity index (χ2n) is 7.58. The van der Waals surface area contributed by atoms with Gasteiger partial charge in [-0.15, -0.1) is 0 Å². The van der Waals surface area contributed by atoms with Gasteiger partial charge < -0.3 is 5.11 Å². The Morgan fingerprint density at radius 2 is 1.84 bits per heavy atom. The number of piperidine rings is 1. The van der Waals surface area contributed by atoms with Crippen LogP contribution in [0, 0.1) is 12.7 Å². The molecule has 1 N–H and O–H groups in total. The first-order valence-corrected chi connectivity index (χ1v) is 9.25. The SMILES string of the molecule is CCn1ncc(CN2C3CCC2CC(O)(c2ccc(F)cc2)C3)c1C. The zero-order chi connectivity index (χ0) is 17.6. The summed E-state index contributed by atoms with van der Waals surface area (Å²) in [6.45, 7) is 6.04. The van der Waals surface area contributed by atoms with E-state index < -0.39 is 5.60 Å². The molecule has 1 aromatic carbocycles. The Hall–Kier alpha value is -1.72. The minimum absolute atomic E-state index is 0.254. The number of benzene rings is 1. The van der Waals surface area contributed by atoms with Crippen molar-refractivity contribution in [2.75, 3.05) is 0 Å². The molecule has 0 aliphatic carbocycles.